The molecule has 7 heteroatoms. The van der Waals surface area contributed by atoms with Crippen LogP contribution in [0.2, 0.25) is 0 Å². The number of ether oxygens (including phenoxy) is 3. The van der Waals surface area contributed by atoms with Crippen molar-refractivity contribution in [2.45, 2.75) is 32.3 Å². The fourth-order valence-electron chi connectivity index (χ4n) is 3.43. The smallest absolute Gasteiger partial charge is 0.347 e. The van der Waals surface area contributed by atoms with E-state index in [1.165, 1.54) is 21.0 Å². The average molecular weight is 464 g/mol. The average Bonchev–Trinajstić information content (AvgIpc) is 2.83. The van der Waals surface area contributed by atoms with Gasteiger partial charge in [-0.05, 0) is 61.4 Å². The molecule has 3 rings (SSSR count). The molecule has 178 valence electrons. The number of amides is 1. The molecule has 0 heterocycles. The van der Waals surface area contributed by atoms with Crippen LogP contribution in [-0.4, -0.2) is 36.8 Å². The lowest BCUT2D eigenvalue weighted by molar-refractivity contribution is -0.152. The molecule has 34 heavy (non-hydrogen) atoms. The van der Waals surface area contributed by atoms with Crippen molar-refractivity contribution in [1.82, 2.24) is 0 Å². The summed E-state index contributed by atoms with van der Waals surface area (Å²) in [7, 11) is 3.06. The normalized spacial score (nSPS) is 11.9. The van der Waals surface area contributed by atoms with E-state index in [-0.39, 0.29) is 11.8 Å². The Morgan fingerprint density at radius 2 is 1.56 bits per heavy atom. The summed E-state index contributed by atoms with van der Waals surface area (Å²) < 4.78 is 16.1. The van der Waals surface area contributed by atoms with E-state index < -0.39 is 11.6 Å². The lowest BCUT2D eigenvalue weighted by atomic mass is 9.93. The second kappa shape index (κ2) is 10.3. The van der Waals surface area contributed by atoms with Crippen LogP contribution in [0.3, 0.4) is 0 Å². The maximum absolute atomic E-state index is 12.9. The number of hydrogen-bond acceptors (Lipinski definition) is 5. The highest BCUT2D eigenvalue weighted by atomic mass is 16.5. The Bertz CT molecular complexity index is 1170. The van der Waals surface area contributed by atoms with E-state index in [1.54, 1.807) is 37.4 Å². The summed E-state index contributed by atoms with van der Waals surface area (Å²) in [4.78, 5) is 24.1. The van der Waals surface area contributed by atoms with Gasteiger partial charge in [0.05, 0.1) is 19.8 Å². The predicted octanol–water partition coefficient (Wildman–Crippen LogP) is 5.35. The van der Waals surface area contributed by atoms with Gasteiger partial charge < -0.3 is 24.6 Å². The number of rotatable bonds is 9. The van der Waals surface area contributed by atoms with Crippen LogP contribution in [0, 0.1) is 0 Å². The molecule has 3 aromatic carbocycles. The third kappa shape index (κ3) is 5.67. The summed E-state index contributed by atoms with van der Waals surface area (Å²) in [5, 5.41) is 12.2. The largest absolute Gasteiger partial charge is 0.497 e. The zero-order valence-corrected chi connectivity index (χ0v) is 19.9. The molecule has 0 saturated carbocycles. The Balaban J connectivity index is 1.75. The maximum Gasteiger partial charge on any atom is 0.347 e. The molecule has 0 fully saturated rings. The maximum atomic E-state index is 12.9. The van der Waals surface area contributed by atoms with Crippen molar-refractivity contribution in [1.29, 1.82) is 0 Å². The van der Waals surface area contributed by atoms with Crippen molar-refractivity contribution in [2.24, 2.45) is 0 Å². The lowest BCUT2D eigenvalue weighted by Crippen LogP contribution is -2.37. The lowest BCUT2D eigenvalue weighted by Gasteiger charge is -2.22. The molecular formula is C27H29NO6. The Morgan fingerprint density at radius 3 is 2.18 bits per heavy atom. The first kappa shape index (κ1) is 24.6. The summed E-state index contributed by atoms with van der Waals surface area (Å²) in [6, 6.07) is 20.0. The van der Waals surface area contributed by atoms with Crippen molar-refractivity contribution in [2.75, 3.05) is 19.5 Å². The Hall–Kier alpha value is -4.00. The van der Waals surface area contributed by atoms with Crippen molar-refractivity contribution in [3.8, 4) is 17.2 Å². The quantitative estimate of drug-likeness (QED) is 0.444. The highest BCUT2D eigenvalue weighted by Crippen LogP contribution is 2.30. The molecule has 1 atom stereocenters. The second-order valence-electron chi connectivity index (χ2n) is 8.35. The second-order valence-corrected chi connectivity index (χ2v) is 8.35. The van der Waals surface area contributed by atoms with Crippen LogP contribution in [0.5, 0.6) is 17.2 Å². The van der Waals surface area contributed by atoms with Gasteiger partial charge in [-0.1, -0.05) is 31.2 Å². The molecule has 1 unspecified atom stereocenters. The van der Waals surface area contributed by atoms with Crippen molar-refractivity contribution in [3.63, 3.8) is 0 Å². The van der Waals surface area contributed by atoms with Gasteiger partial charge in [0.2, 0.25) is 0 Å². The number of carbonyl (C=O) groups excluding carboxylic acids is 1. The standard InChI is InChI=1S/C27H29NO6/c1-17(18-9-11-21(12-10-18)34-27(2,3)26(30)31)19-7-6-8-20(15-19)28-25(29)23-14-13-22(32-4)16-24(23)33-5/h6-17H,1-5H3,(H,28,29)(H,30,31). The number of carbonyl (C=O) groups is 2. The van der Waals surface area contributed by atoms with Gasteiger partial charge in [0.1, 0.15) is 17.2 Å². The fourth-order valence-corrected chi connectivity index (χ4v) is 3.43. The summed E-state index contributed by atoms with van der Waals surface area (Å²) in [5.41, 5.74) is 1.79. The van der Waals surface area contributed by atoms with Crippen LogP contribution < -0.4 is 19.5 Å². The highest BCUT2D eigenvalue weighted by molar-refractivity contribution is 6.06. The monoisotopic (exact) mass is 463 g/mol. The number of carboxylic acid groups (broad SMARTS) is 1. The molecule has 0 aliphatic carbocycles. The SMILES string of the molecule is COc1ccc(C(=O)Nc2cccc(C(C)c3ccc(OC(C)(C)C(=O)O)cc3)c2)c(OC)c1. The van der Waals surface area contributed by atoms with Crippen LogP contribution in [0.25, 0.3) is 0 Å². The molecular weight excluding hydrogens is 434 g/mol. The molecule has 3 aromatic rings. The molecule has 0 radical (unpaired) electrons. The molecule has 0 aromatic heterocycles. The van der Waals surface area contributed by atoms with E-state index in [0.717, 1.165) is 11.1 Å². The Kier molecular flexibility index (Phi) is 7.46. The molecule has 2 N–H and O–H groups in total. The first-order valence-corrected chi connectivity index (χ1v) is 10.8. The van der Waals surface area contributed by atoms with Gasteiger partial charge in [-0.25, -0.2) is 4.79 Å². The van der Waals surface area contributed by atoms with Gasteiger partial charge in [-0.2, -0.15) is 0 Å². The van der Waals surface area contributed by atoms with Crippen LogP contribution in [0.4, 0.5) is 5.69 Å². The molecule has 0 aliphatic heterocycles. The topological polar surface area (TPSA) is 94.1 Å². The van der Waals surface area contributed by atoms with Crippen molar-refractivity contribution < 1.29 is 28.9 Å². The number of methoxy groups -OCH3 is 2. The van der Waals surface area contributed by atoms with Gasteiger partial charge >= 0.3 is 5.97 Å². The van der Waals surface area contributed by atoms with Gasteiger partial charge in [0.15, 0.2) is 5.60 Å². The molecule has 7 nitrogen and oxygen atoms in total. The van der Waals surface area contributed by atoms with Gasteiger partial charge in [-0.3, -0.25) is 4.79 Å². The summed E-state index contributed by atoms with van der Waals surface area (Å²) in [6.45, 7) is 5.07. The third-order valence-electron chi connectivity index (χ3n) is 5.57. The van der Waals surface area contributed by atoms with E-state index >= 15 is 0 Å². The number of benzene rings is 3. The van der Waals surface area contributed by atoms with Crippen LogP contribution in [0.1, 0.15) is 48.2 Å². The zero-order valence-electron chi connectivity index (χ0n) is 19.9. The molecule has 0 bridgehead atoms. The highest BCUT2D eigenvalue weighted by Gasteiger charge is 2.29. The molecule has 1 amide bonds. The minimum Gasteiger partial charge on any atom is -0.497 e. The number of hydrogen-bond donors (Lipinski definition) is 2. The van der Waals surface area contributed by atoms with Crippen LogP contribution >= 0.6 is 0 Å². The van der Waals surface area contributed by atoms with E-state index in [4.69, 9.17) is 14.2 Å². The zero-order chi connectivity index (χ0) is 24.9. The summed E-state index contributed by atoms with van der Waals surface area (Å²) in [6.07, 6.45) is 0. The van der Waals surface area contributed by atoms with E-state index in [2.05, 4.69) is 12.2 Å². The number of nitrogens with one attached hydrogen (secondary N) is 1. The van der Waals surface area contributed by atoms with Gasteiger partial charge in [-0.15, -0.1) is 0 Å². The van der Waals surface area contributed by atoms with E-state index in [9.17, 15) is 14.7 Å². The Labute approximate surface area is 199 Å². The number of aliphatic carboxylic acids is 1. The summed E-state index contributed by atoms with van der Waals surface area (Å²) >= 11 is 0. The first-order valence-electron chi connectivity index (χ1n) is 10.8. The van der Waals surface area contributed by atoms with Crippen LogP contribution in [0.15, 0.2) is 66.7 Å². The predicted molar refractivity (Wildman–Crippen MR) is 130 cm³/mol. The van der Waals surface area contributed by atoms with E-state index in [0.29, 0.717) is 28.5 Å². The minimum absolute atomic E-state index is 0.0360. The van der Waals surface area contributed by atoms with Crippen LogP contribution in [-0.2, 0) is 4.79 Å². The molecule has 0 saturated heterocycles. The molecule has 0 spiro atoms. The third-order valence-corrected chi connectivity index (χ3v) is 5.57. The molecule has 0 aliphatic rings. The van der Waals surface area contributed by atoms with E-state index in [1.807, 2.05) is 36.4 Å². The minimum atomic E-state index is -1.31. The number of anilines is 1. The fraction of sp³-hybridized carbons (Fsp3) is 0.259. The van der Waals surface area contributed by atoms with Crippen molar-refractivity contribution >= 4 is 17.6 Å². The Morgan fingerprint density at radius 1 is 0.882 bits per heavy atom. The van der Waals surface area contributed by atoms with Crippen molar-refractivity contribution in [3.05, 3.63) is 83.4 Å². The van der Waals surface area contributed by atoms with Gasteiger partial charge in [0.25, 0.3) is 5.91 Å². The van der Waals surface area contributed by atoms with Gasteiger partial charge in [0, 0.05) is 17.7 Å². The first-order chi connectivity index (χ1) is 16.1. The number of carboxylic acids is 1. The summed E-state index contributed by atoms with van der Waals surface area (Å²) in [5.74, 6) is 0.233.